The number of carbonyl (C=O) groups excluding carboxylic acids is 1. The van der Waals surface area contributed by atoms with Gasteiger partial charge in [0.1, 0.15) is 6.29 Å². The fourth-order valence-corrected chi connectivity index (χ4v) is 2.46. The summed E-state index contributed by atoms with van der Waals surface area (Å²) in [4.78, 5) is 16.0. The molecule has 15 heavy (non-hydrogen) atoms. The van der Waals surface area contributed by atoms with Crippen LogP contribution in [0.25, 0.3) is 11.0 Å². The quantitative estimate of drug-likeness (QED) is 0.576. The third-order valence-electron chi connectivity index (χ3n) is 2.30. The number of aldehydes is 1. The summed E-state index contributed by atoms with van der Waals surface area (Å²) in [7, 11) is 0. The van der Waals surface area contributed by atoms with Crippen molar-refractivity contribution in [2.24, 2.45) is 0 Å². The van der Waals surface area contributed by atoms with Gasteiger partial charge in [-0.25, -0.2) is 4.98 Å². The summed E-state index contributed by atoms with van der Waals surface area (Å²) in [6.07, 6.45) is 2.74. The minimum Gasteiger partial charge on any atom is -0.298 e. The van der Waals surface area contributed by atoms with Gasteiger partial charge in [0.15, 0.2) is 4.96 Å². The SMILES string of the molecule is CC(C=O)=Cc1c(C)nc2scc(C)n12. The first-order valence-electron chi connectivity index (χ1n) is 4.70. The molecule has 0 amide bonds. The minimum atomic E-state index is 0.713. The van der Waals surface area contributed by atoms with Crippen molar-refractivity contribution in [1.82, 2.24) is 9.38 Å². The molecular formula is C11H12N2OS. The Hall–Kier alpha value is -1.42. The molecule has 0 aliphatic heterocycles. The third-order valence-corrected chi connectivity index (χ3v) is 3.25. The fraction of sp³-hybridized carbons (Fsp3) is 0.273. The maximum absolute atomic E-state index is 10.6. The number of hydrogen-bond donors (Lipinski definition) is 0. The predicted molar refractivity (Wildman–Crippen MR) is 62.3 cm³/mol. The second kappa shape index (κ2) is 3.62. The molecule has 0 aromatic carbocycles. The Kier molecular flexibility index (Phi) is 2.44. The third kappa shape index (κ3) is 1.61. The first-order valence-corrected chi connectivity index (χ1v) is 5.58. The van der Waals surface area contributed by atoms with E-state index in [4.69, 9.17) is 0 Å². The zero-order chi connectivity index (χ0) is 11.0. The minimum absolute atomic E-state index is 0.713. The highest BCUT2D eigenvalue weighted by molar-refractivity contribution is 7.15. The van der Waals surface area contributed by atoms with Gasteiger partial charge in [0.05, 0.1) is 11.4 Å². The van der Waals surface area contributed by atoms with Crippen molar-refractivity contribution >= 4 is 28.7 Å². The van der Waals surface area contributed by atoms with Crippen LogP contribution in [0.2, 0.25) is 0 Å². The lowest BCUT2D eigenvalue weighted by molar-refractivity contribution is -0.104. The molecule has 2 aromatic heterocycles. The topological polar surface area (TPSA) is 34.4 Å². The summed E-state index contributed by atoms with van der Waals surface area (Å²) >= 11 is 1.62. The molecule has 0 saturated heterocycles. The van der Waals surface area contributed by atoms with E-state index in [1.54, 1.807) is 18.3 Å². The number of fused-ring (bicyclic) bond motifs is 1. The standard InChI is InChI=1S/C11H12N2OS/c1-7(5-14)4-10-9(3)12-11-13(10)8(2)6-15-11/h4-6H,1-3H3. The van der Waals surface area contributed by atoms with E-state index >= 15 is 0 Å². The number of nitrogens with zero attached hydrogens (tertiary/aromatic N) is 2. The summed E-state index contributed by atoms with van der Waals surface area (Å²) < 4.78 is 2.08. The molecule has 2 aromatic rings. The molecule has 2 rings (SSSR count). The Morgan fingerprint density at radius 3 is 2.93 bits per heavy atom. The zero-order valence-corrected chi connectivity index (χ0v) is 9.76. The predicted octanol–water partition coefficient (Wildman–Crippen LogP) is 2.61. The summed E-state index contributed by atoms with van der Waals surface area (Å²) in [6.45, 7) is 5.80. The van der Waals surface area contributed by atoms with Crippen molar-refractivity contribution in [2.75, 3.05) is 0 Å². The van der Waals surface area contributed by atoms with Gasteiger partial charge in [0, 0.05) is 11.1 Å². The molecule has 4 heteroatoms. The Morgan fingerprint density at radius 1 is 1.53 bits per heavy atom. The van der Waals surface area contributed by atoms with Gasteiger partial charge < -0.3 is 0 Å². The lowest BCUT2D eigenvalue weighted by atomic mass is 10.2. The van der Waals surface area contributed by atoms with E-state index < -0.39 is 0 Å². The molecule has 0 aliphatic carbocycles. The maximum Gasteiger partial charge on any atom is 0.194 e. The van der Waals surface area contributed by atoms with Crippen LogP contribution in [0.15, 0.2) is 11.0 Å². The molecule has 2 heterocycles. The van der Waals surface area contributed by atoms with E-state index in [2.05, 4.69) is 14.8 Å². The van der Waals surface area contributed by atoms with Gasteiger partial charge in [-0.1, -0.05) is 0 Å². The number of imidazole rings is 1. The van der Waals surface area contributed by atoms with E-state index in [-0.39, 0.29) is 0 Å². The number of allylic oxidation sites excluding steroid dienone is 1. The van der Waals surface area contributed by atoms with E-state index in [9.17, 15) is 4.79 Å². The van der Waals surface area contributed by atoms with Gasteiger partial charge >= 0.3 is 0 Å². The summed E-state index contributed by atoms with van der Waals surface area (Å²) in [5, 5.41) is 2.06. The van der Waals surface area contributed by atoms with Crippen molar-refractivity contribution < 1.29 is 4.79 Å². The van der Waals surface area contributed by atoms with Crippen LogP contribution in [-0.4, -0.2) is 15.7 Å². The average molecular weight is 220 g/mol. The van der Waals surface area contributed by atoms with Crippen LogP contribution in [0.1, 0.15) is 24.0 Å². The number of aryl methyl sites for hydroxylation is 2. The van der Waals surface area contributed by atoms with Crippen LogP contribution in [0.3, 0.4) is 0 Å². The Balaban J connectivity index is 2.72. The molecule has 0 aliphatic rings. The molecule has 0 bridgehead atoms. The number of thiazole rings is 1. The van der Waals surface area contributed by atoms with E-state index in [1.807, 2.05) is 19.9 Å². The summed E-state index contributed by atoms with van der Waals surface area (Å²) in [6, 6.07) is 0. The van der Waals surface area contributed by atoms with Gasteiger partial charge in [-0.3, -0.25) is 9.20 Å². The van der Waals surface area contributed by atoms with E-state index in [1.165, 1.54) is 0 Å². The zero-order valence-electron chi connectivity index (χ0n) is 8.94. The molecule has 0 unspecified atom stereocenters. The molecule has 0 fully saturated rings. The first-order chi connectivity index (χ1) is 7.13. The van der Waals surface area contributed by atoms with Crippen molar-refractivity contribution in [2.45, 2.75) is 20.8 Å². The largest absolute Gasteiger partial charge is 0.298 e. The van der Waals surface area contributed by atoms with Crippen LogP contribution < -0.4 is 0 Å². The highest BCUT2D eigenvalue weighted by Crippen LogP contribution is 2.21. The molecule has 78 valence electrons. The first kappa shape index (κ1) is 10.1. The second-order valence-corrected chi connectivity index (χ2v) is 4.42. The van der Waals surface area contributed by atoms with Crippen molar-refractivity contribution in [1.29, 1.82) is 0 Å². The molecule has 0 saturated carbocycles. The number of hydrogen-bond acceptors (Lipinski definition) is 3. The maximum atomic E-state index is 10.6. The normalized spacial score (nSPS) is 12.3. The van der Waals surface area contributed by atoms with Crippen LogP contribution in [0.5, 0.6) is 0 Å². The number of aromatic nitrogens is 2. The molecule has 0 atom stereocenters. The number of carbonyl (C=O) groups is 1. The highest BCUT2D eigenvalue weighted by atomic mass is 32.1. The van der Waals surface area contributed by atoms with Gasteiger partial charge in [-0.15, -0.1) is 11.3 Å². The fourth-order valence-electron chi connectivity index (χ4n) is 1.54. The van der Waals surface area contributed by atoms with Crippen LogP contribution in [0.4, 0.5) is 0 Å². The molecule has 0 radical (unpaired) electrons. The smallest absolute Gasteiger partial charge is 0.194 e. The van der Waals surface area contributed by atoms with Crippen molar-refractivity contribution in [3.63, 3.8) is 0 Å². The van der Waals surface area contributed by atoms with Gasteiger partial charge in [0.2, 0.25) is 0 Å². The monoisotopic (exact) mass is 220 g/mol. The van der Waals surface area contributed by atoms with E-state index in [0.717, 1.165) is 28.3 Å². The molecule has 0 spiro atoms. The van der Waals surface area contributed by atoms with Crippen LogP contribution >= 0.6 is 11.3 Å². The van der Waals surface area contributed by atoms with Crippen LogP contribution in [0, 0.1) is 13.8 Å². The van der Waals surface area contributed by atoms with Crippen LogP contribution in [-0.2, 0) is 4.79 Å². The summed E-state index contributed by atoms with van der Waals surface area (Å²) in [5.41, 5.74) is 3.84. The highest BCUT2D eigenvalue weighted by Gasteiger charge is 2.09. The van der Waals surface area contributed by atoms with Crippen molar-refractivity contribution in [3.05, 3.63) is 28.0 Å². The van der Waals surface area contributed by atoms with Gasteiger partial charge in [-0.05, 0) is 32.4 Å². The van der Waals surface area contributed by atoms with E-state index in [0.29, 0.717) is 5.57 Å². The Morgan fingerprint density at radius 2 is 2.27 bits per heavy atom. The molecular weight excluding hydrogens is 208 g/mol. The Bertz CT molecular complexity index is 548. The number of rotatable bonds is 2. The second-order valence-electron chi connectivity index (χ2n) is 3.58. The van der Waals surface area contributed by atoms with Gasteiger partial charge in [0.25, 0.3) is 0 Å². The average Bonchev–Trinajstić information content (AvgIpc) is 2.69. The lowest BCUT2D eigenvalue weighted by Crippen LogP contribution is -1.89. The molecule has 3 nitrogen and oxygen atoms in total. The van der Waals surface area contributed by atoms with Crippen molar-refractivity contribution in [3.8, 4) is 0 Å². The summed E-state index contributed by atoms with van der Waals surface area (Å²) in [5.74, 6) is 0. The van der Waals surface area contributed by atoms with Gasteiger partial charge in [-0.2, -0.15) is 0 Å². The molecule has 0 N–H and O–H groups in total. The Labute approximate surface area is 92.1 Å². The lowest BCUT2D eigenvalue weighted by Gasteiger charge is -1.96.